The van der Waals surface area contributed by atoms with E-state index < -0.39 is 18.3 Å². The van der Waals surface area contributed by atoms with E-state index in [0.29, 0.717) is 5.56 Å². The molecule has 4 aromatic carbocycles. The number of amides is 1. The Hall–Kier alpha value is -3.41. The molecule has 0 aliphatic heterocycles. The summed E-state index contributed by atoms with van der Waals surface area (Å²) in [6, 6.07) is 27.2. The average Bonchev–Trinajstić information content (AvgIpc) is 2.82. The molecule has 0 saturated heterocycles. The average molecular weight is 415 g/mol. The monoisotopic (exact) mass is 415 g/mol. The molecule has 5 nitrogen and oxygen atoms in total. The molecule has 1 amide bonds. The zero-order chi connectivity index (χ0) is 21.6. The van der Waals surface area contributed by atoms with Gasteiger partial charge in [-0.2, -0.15) is 0 Å². The summed E-state index contributed by atoms with van der Waals surface area (Å²) in [6.45, 7) is 0.373. The number of aliphatic hydroxyl groups excluding tert-OH is 2. The van der Waals surface area contributed by atoms with Crippen molar-refractivity contribution < 1.29 is 19.7 Å². The maximum atomic E-state index is 11.9. The van der Waals surface area contributed by atoms with Crippen LogP contribution in [0.4, 0.5) is 4.79 Å². The lowest BCUT2D eigenvalue weighted by atomic mass is 9.92. The molecule has 4 rings (SSSR count). The van der Waals surface area contributed by atoms with Crippen LogP contribution in [0.5, 0.6) is 0 Å². The number of aliphatic hydroxyl groups is 2. The summed E-state index contributed by atoms with van der Waals surface area (Å²) in [5, 5.41) is 28.1. The molecule has 0 aliphatic rings. The summed E-state index contributed by atoms with van der Waals surface area (Å²) < 4.78 is 5.17. The molecule has 0 bridgehead atoms. The zero-order valence-corrected chi connectivity index (χ0v) is 17.1. The van der Waals surface area contributed by atoms with Crippen LogP contribution in [0.2, 0.25) is 0 Å². The third kappa shape index (κ3) is 4.85. The second kappa shape index (κ2) is 9.60. The van der Waals surface area contributed by atoms with Gasteiger partial charge in [0.1, 0.15) is 12.7 Å². The van der Waals surface area contributed by atoms with Crippen LogP contribution in [0.25, 0.3) is 21.5 Å². The Labute approximate surface area is 180 Å². The highest BCUT2D eigenvalue weighted by atomic mass is 16.5. The normalized spacial score (nSPS) is 13.1. The van der Waals surface area contributed by atoms with Crippen molar-refractivity contribution in [3.05, 3.63) is 96.1 Å². The van der Waals surface area contributed by atoms with Gasteiger partial charge in [-0.05, 0) is 45.2 Å². The molecule has 31 heavy (non-hydrogen) atoms. The smallest absolute Gasteiger partial charge is 0.407 e. The third-order valence-corrected chi connectivity index (χ3v) is 5.41. The van der Waals surface area contributed by atoms with Gasteiger partial charge in [0.15, 0.2) is 0 Å². The number of carbonyl (C=O) groups is 1. The second-order valence-electron chi connectivity index (χ2n) is 7.52. The number of hydrogen-bond acceptors (Lipinski definition) is 4. The summed E-state index contributed by atoms with van der Waals surface area (Å²) in [5.74, 6) is 0. The molecule has 0 aliphatic carbocycles. The van der Waals surface area contributed by atoms with Crippen molar-refractivity contribution in [1.29, 1.82) is 0 Å². The van der Waals surface area contributed by atoms with Crippen molar-refractivity contribution in [2.75, 3.05) is 6.54 Å². The summed E-state index contributed by atoms with van der Waals surface area (Å²) in [6.07, 6.45) is -2.46. The summed E-state index contributed by atoms with van der Waals surface area (Å²) in [4.78, 5) is 11.9. The van der Waals surface area contributed by atoms with Crippen LogP contribution in [0.15, 0.2) is 84.9 Å². The molecule has 158 valence electrons. The number of rotatable bonds is 7. The minimum absolute atomic E-state index is 0.181. The van der Waals surface area contributed by atoms with Gasteiger partial charge in [-0.3, -0.25) is 0 Å². The largest absolute Gasteiger partial charge is 0.445 e. The summed E-state index contributed by atoms with van der Waals surface area (Å²) in [5.41, 5.74) is 1.57. The van der Waals surface area contributed by atoms with Crippen LogP contribution in [-0.4, -0.2) is 29.0 Å². The topological polar surface area (TPSA) is 78.8 Å². The third-order valence-electron chi connectivity index (χ3n) is 5.41. The number of benzene rings is 4. The minimum Gasteiger partial charge on any atom is -0.445 e. The highest BCUT2D eigenvalue weighted by molar-refractivity contribution is 6.09. The van der Waals surface area contributed by atoms with E-state index in [1.807, 2.05) is 78.9 Å². The van der Waals surface area contributed by atoms with Crippen LogP contribution in [0.1, 0.15) is 23.7 Å². The van der Waals surface area contributed by atoms with Crippen molar-refractivity contribution in [3.63, 3.8) is 0 Å². The van der Waals surface area contributed by atoms with Crippen molar-refractivity contribution in [2.24, 2.45) is 0 Å². The van der Waals surface area contributed by atoms with Gasteiger partial charge in [0.05, 0.1) is 6.10 Å². The van der Waals surface area contributed by atoms with Crippen LogP contribution in [-0.2, 0) is 11.3 Å². The quantitative estimate of drug-likeness (QED) is 0.382. The molecule has 2 atom stereocenters. The molecule has 0 radical (unpaired) electrons. The summed E-state index contributed by atoms with van der Waals surface area (Å²) in [7, 11) is 0. The fourth-order valence-electron chi connectivity index (χ4n) is 3.79. The first kappa shape index (κ1) is 20.8. The molecule has 0 spiro atoms. The maximum Gasteiger partial charge on any atom is 0.407 e. The van der Waals surface area contributed by atoms with Crippen LogP contribution in [0, 0.1) is 0 Å². The molecule has 0 heterocycles. The van der Waals surface area contributed by atoms with Gasteiger partial charge in [0, 0.05) is 6.54 Å². The number of carbonyl (C=O) groups excluding carboxylic acids is 1. The second-order valence-corrected chi connectivity index (χ2v) is 7.52. The van der Waals surface area contributed by atoms with E-state index in [-0.39, 0.29) is 19.6 Å². The molecule has 5 heteroatoms. The predicted molar refractivity (Wildman–Crippen MR) is 122 cm³/mol. The van der Waals surface area contributed by atoms with Gasteiger partial charge in [-0.1, -0.05) is 78.9 Å². The Morgan fingerprint density at radius 1 is 0.839 bits per heavy atom. The predicted octanol–water partition coefficient (Wildman–Crippen LogP) is 4.70. The molecule has 0 saturated carbocycles. The van der Waals surface area contributed by atoms with Crippen molar-refractivity contribution in [2.45, 2.75) is 25.2 Å². The Morgan fingerprint density at radius 3 is 2.26 bits per heavy atom. The Balaban J connectivity index is 1.39. The van der Waals surface area contributed by atoms with Gasteiger partial charge in [-0.25, -0.2) is 4.79 Å². The van der Waals surface area contributed by atoms with Gasteiger partial charge in [0.25, 0.3) is 0 Å². The lowest BCUT2D eigenvalue weighted by Gasteiger charge is -2.21. The highest BCUT2D eigenvalue weighted by Crippen LogP contribution is 2.33. The first-order valence-corrected chi connectivity index (χ1v) is 10.3. The molecule has 3 N–H and O–H groups in total. The van der Waals surface area contributed by atoms with Gasteiger partial charge < -0.3 is 20.3 Å². The van der Waals surface area contributed by atoms with Crippen molar-refractivity contribution >= 4 is 27.6 Å². The minimum atomic E-state index is -1.07. The van der Waals surface area contributed by atoms with Gasteiger partial charge in [0.2, 0.25) is 0 Å². The molecule has 2 unspecified atom stereocenters. The zero-order valence-electron chi connectivity index (χ0n) is 17.1. The van der Waals surface area contributed by atoms with Gasteiger partial charge >= 0.3 is 6.09 Å². The first-order valence-electron chi connectivity index (χ1n) is 10.3. The molecular weight excluding hydrogens is 390 g/mol. The van der Waals surface area contributed by atoms with Gasteiger partial charge in [-0.15, -0.1) is 0 Å². The van der Waals surface area contributed by atoms with Crippen LogP contribution in [0.3, 0.4) is 0 Å². The van der Waals surface area contributed by atoms with Crippen molar-refractivity contribution in [3.8, 4) is 0 Å². The Morgan fingerprint density at radius 2 is 1.48 bits per heavy atom. The molecular formula is C26H25NO4. The number of ether oxygens (including phenoxy) is 1. The fraction of sp³-hybridized carbons (Fsp3) is 0.192. The van der Waals surface area contributed by atoms with E-state index in [9.17, 15) is 15.0 Å². The van der Waals surface area contributed by atoms with E-state index in [0.717, 1.165) is 27.1 Å². The van der Waals surface area contributed by atoms with Crippen LogP contribution >= 0.6 is 0 Å². The fourth-order valence-corrected chi connectivity index (χ4v) is 3.79. The first-order chi connectivity index (χ1) is 15.1. The molecule has 4 aromatic rings. The Bertz CT molecular complexity index is 1180. The Kier molecular flexibility index (Phi) is 6.46. The lowest BCUT2D eigenvalue weighted by molar-refractivity contribution is 0.0145. The van der Waals surface area contributed by atoms with E-state index >= 15 is 0 Å². The van der Waals surface area contributed by atoms with E-state index in [1.54, 1.807) is 0 Å². The maximum absolute atomic E-state index is 11.9. The SMILES string of the molecule is O=C(NCCC(O)C(O)c1cc2ccccc2c2ccccc12)OCc1ccccc1. The number of hydrogen-bond donors (Lipinski definition) is 3. The van der Waals surface area contributed by atoms with E-state index in [2.05, 4.69) is 11.4 Å². The molecule has 0 fully saturated rings. The van der Waals surface area contributed by atoms with Crippen LogP contribution < -0.4 is 5.32 Å². The summed E-state index contributed by atoms with van der Waals surface area (Å²) >= 11 is 0. The highest BCUT2D eigenvalue weighted by Gasteiger charge is 2.21. The molecule has 0 aromatic heterocycles. The van der Waals surface area contributed by atoms with Crippen molar-refractivity contribution in [1.82, 2.24) is 5.32 Å². The number of fused-ring (bicyclic) bond motifs is 3. The van der Waals surface area contributed by atoms with E-state index in [1.165, 1.54) is 0 Å². The van der Waals surface area contributed by atoms with E-state index in [4.69, 9.17) is 4.74 Å². The number of nitrogens with one attached hydrogen (secondary N) is 1. The number of alkyl carbamates (subject to hydrolysis) is 1. The standard InChI is InChI=1S/C26H25NO4/c28-24(14-15-27-26(30)31-17-18-8-2-1-3-9-18)25(29)23-16-19-10-4-5-11-20(19)21-12-6-7-13-22(21)23/h1-13,16,24-25,28-29H,14-15,17H2,(H,27,30). The lowest BCUT2D eigenvalue weighted by Crippen LogP contribution is -2.29.